The number of carbonyl (C=O) groups excluding carboxylic acids is 2. The highest BCUT2D eigenvalue weighted by molar-refractivity contribution is 6.02. The molecular formula is C16H16N2O2. The van der Waals surface area contributed by atoms with E-state index in [9.17, 15) is 9.59 Å². The number of hydrogen-bond acceptors (Lipinski definition) is 3. The SMILES string of the molecule is O=C1CCC2(CC1)CCn1c(nc3ccccc31)C2=O. The molecule has 1 saturated carbocycles. The molecule has 102 valence electrons. The number of para-hydroxylation sites is 2. The van der Waals surface area contributed by atoms with E-state index in [4.69, 9.17) is 0 Å². The maximum absolute atomic E-state index is 12.9. The summed E-state index contributed by atoms with van der Waals surface area (Å²) in [6, 6.07) is 7.89. The summed E-state index contributed by atoms with van der Waals surface area (Å²) >= 11 is 0. The van der Waals surface area contributed by atoms with E-state index in [0.29, 0.717) is 37.3 Å². The molecule has 0 unspecified atom stereocenters. The zero-order valence-electron chi connectivity index (χ0n) is 11.3. The van der Waals surface area contributed by atoms with Crippen LogP contribution in [0.2, 0.25) is 0 Å². The van der Waals surface area contributed by atoms with E-state index in [1.165, 1.54) is 0 Å². The average molecular weight is 268 g/mol. The van der Waals surface area contributed by atoms with Crippen molar-refractivity contribution < 1.29 is 9.59 Å². The van der Waals surface area contributed by atoms with Crippen LogP contribution in [0.1, 0.15) is 42.7 Å². The van der Waals surface area contributed by atoms with E-state index >= 15 is 0 Å². The zero-order chi connectivity index (χ0) is 13.7. The van der Waals surface area contributed by atoms with Gasteiger partial charge in [0.25, 0.3) is 0 Å². The van der Waals surface area contributed by atoms with E-state index < -0.39 is 0 Å². The summed E-state index contributed by atoms with van der Waals surface area (Å²) in [4.78, 5) is 28.9. The molecule has 0 bridgehead atoms. The van der Waals surface area contributed by atoms with Gasteiger partial charge in [0.15, 0.2) is 5.82 Å². The second kappa shape index (κ2) is 4.01. The summed E-state index contributed by atoms with van der Waals surface area (Å²) in [5.41, 5.74) is 1.60. The van der Waals surface area contributed by atoms with Crippen LogP contribution in [-0.2, 0) is 11.3 Å². The van der Waals surface area contributed by atoms with Gasteiger partial charge in [-0.2, -0.15) is 0 Å². The predicted molar refractivity (Wildman–Crippen MR) is 74.6 cm³/mol. The van der Waals surface area contributed by atoms with Crippen LogP contribution < -0.4 is 0 Å². The Morgan fingerprint density at radius 3 is 2.60 bits per heavy atom. The fourth-order valence-corrected chi connectivity index (χ4v) is 3.64. The Bertz CT molecular complexity index is 719. The number of carbonyl (C=O) groups is 2. The molecule has 0 N–H and O–H groups in total. The van der Waals surface area contributed by atoms with E-state index in [2.05, 4.69) is 4.98 Å². The van der Waals surface area contributed by atoms with Gasteiger partial charge in [-0.05, 0) is 31.4 Å². The van der Waals surface area contributed by atoms with Crippen LogP contribution in [0.15, 0.2) is 24.3 Å². The Hall–Kier alpha value is -1.97. The topological polar surface area (TPSA) is 52.0 Å². The van der Waals surface area contributed by atoms with Crippen LogP contribution in [0.25, 0.3) is 11.0 Å². The van der Waals surface area contributed by atoms with E-state index in [1.807, 2.05) is 28.8 Å². The Morgan fingerprint density at radius 2 is 1.80 bits per heavy atom. The van der Waals surface area contributed by atoms with Gasteiger partial charge in [0.1, 0.15) is 5.78 Å². The largest absolute Gasteiger partial charge is 0.321 e. The third kappa shape index (κ3) is 1.51. The first-order valence-corrected chi connectivity index (χ1v) is 7.21. The first kappa shape index (κ1) is 11.8. The summed E-state index contributed by atoms with van der Waals surface area (Å²) in [6.45, 7) is 0.829. The molecule has 1 fully saturated rings. The first-order valence-electron chi connectivity index (χ1n) is 7.21. The maximum atomic E-state index is 12.9. The van der Waals surface area contributed by atoms with Gasteiger partial charge in [-0.3, -0.25) is 9.59 Å². The number of hydrogen-bond donors (Lipinski definition) is 0. The van der Waals surface area contributed by atoms with Gasteiger partial charge in [0.05, 0.1) is 11.0 Å². The molecule has 0 atom stereocenters. The molecule has 4 rings (SSSR count). The van der Waals surface area contributed by atoms with E-state index in [1.54, 1.807) is 0 Å². The molecule has 2 aliphatic rings. The minimum absolute atomic E-state index is 0.146. The van der Waals surface area contributed by atoms with Crippen molar-refractivity contribution in [2.45, 2.75) is 38.6 Å². The van der Waals surface area contributed by atoms with Gasteiger partial charge < -0.3 is 4.57 Å². The summed E-state index contributed by atoms with van der Waals surface area (Å²) in [7, 11) is 0. The lowest BCUT2D eigenvalue weighted by Gasteiger charge is -2.38. The van der Waals surface area contributed by atoms with Crippen molar-refractivity contribution in [3.05, 3.63) is 30.1 Å². The van der Waals surface area contributed by atoms with Crippen LogP contribution in [0, 0.1) is 5.41 Å². The number of benzene rings is 1. The number of aryl methyl sites for hydroxylation is 1. The number of aromatic nitrogens is 2. The van der Waals surface area contributed by atoms with E-state index in [-0.39, 0.29) is 11.2 Å². The molecule has 0 radical (unpaired) electrons. The number of fused-ring (bicyclic) bond motifs is 3. The quantitative estimate of drug-likeness (QED) is 0.738. The number of imidazole rings is 1. The molecule has 2 aromatic rings. The van der Waals surface area contributed by atoms with E-state index in [0.717, 1.165) is 24.0 Å². The van der Waals surface area contributed by atoms with Crippen LogP contribution in [-0.4, -0.2) is 21.1 Å². The van der Waals surface area contributed by atoms with Crippen LogP contribution in [0.4, 0.5) is 0 Å². The molecule has 0 amide bonds. The number of ketones is 2. The highest BCUT2D eigenvalue weighted by Gasteiger charge is 2.46. The van der Waals surface area contributed by atoms with Crippen molar-refractivity contribution in [1.82, 2.24) is 9.55 Å². The molecule has 4 heteroatoms. The van der Waals surface area contributed by atoms with Crippen molar-refractivity contribution in [1.29, 1.82) is 0 Å². The average Bonchev–Trinajstić information content (AvgIpc) is 2.85. The van der Waals surface area contributed by atoms with Gasteiger partial charge in [-0.15, -0.1) is 0 Å². The molecule has 1 aliphatic carbocycles. The van der Waals surface area contributed by atoms with Crippen LogP contribution in [0.3, 0.4) is 0 Å². The molecule has 1 aliphatic heterocycles. The third-order valence-electron chi connectivity index (χ3n) is 4.92. The Morgan fingerprint density at radius 1 is 1.05 bits per heavy atom. The third-order valence-corrected chi connectivity index (χ3v) is 4.92. The van der Waals surface area contributed by atoms with Crippen LogP contribution >= 0.6 is 0 Å². The molecule has 20 heavy (non-hydrogen) atoms. The second-order valence-corrected chi connectivity index (χ2v) is 5.97. The second-order valence-electron chi connectivity index (χ2n) is 5.97. The Balaban J connectivity index is 1.81. The lowest BCUT2D eigenvalue weighted by atomic mass is 9.67. The highest BCUT2D eigenvalue weighted by Crippen LogP contribution is 2.44. The maximum Gasteiger partial charge on any atom is 0.204 e. The predicted octanol–water partition coefficient (Wildman–Crippen LogP) is 2.75. The van der Waals surface area contributed by atoms with Gasteiger partial charge in [-0.1, -0.05) is 12.1 Å². The molecular weight excluding hydrogens is 252 g/mol. The lowest BCUT2D eigenvalue weighted by molar-refractivity contribution is -0.121. The first-order chi connectivity index (χ1) is 9.70. The van der Waals surface area contributed by atoms with Crippen molar-refractivity contribution in [3.8, 4) is 0 Å². The van der Waals surface area contributed by atoms with Gasteiger partial charge in [0, 0.05) is 24.8 Å². The molecule has 0 saturated heterocycles. The van der Waals surface area contributed by atoms with Gasteiger partial charge in [-0.25, -0.2) is 4.98 Å². The summed E-state index contributed by atoms with van der Waals surface area (Å²) in [6.07, 6.45) is 3.34. The molecule has 4 nitrogen and oxygen atoms in total. The Labute approximate surface area is 116 Å². The minimum atomic E-state index is -0.328. The fourth-order valence-electron chi connectivity index (χ4n) is 3.64. The smallest absolute Gasteiger partial charge is 0.204 e. The number of nitrogens with zero attached hydrogens (tertiary/aromatic N) is 2. The molecule has 2 heterocycles. The summed E-state index contributed by atoms with van der Waals surface area (Å²) in [5.74, 6) is 1.03. The normalized spacial score (nSPS) is 21.4. The van der Waals surface area contributed by atoms with Gasteiger partial charge >= 0.3 is 0 Å². The highest BCUT2D eigenvalue weighted by atomic mass is 16.1. The van der Waals surface area contributed by atoms with Gasteiger partial charge in [0.2, 0.25) is 5.78 Å². The Kier molecular flexibility index (Phi) is 2.37. The van der Waals surface area contributed by atoms with Crippen molar-refractivity contribution >= 4 is 22.6 Å². The zero-order valence-corrected chi connectivity index (χ0v) is 11.3. The standard InChI is InChI=1S/C16H16N2O2/c19-11-5-7-16(8-6-11)9-10-18-13-4-2-1-3-12(13)17-15(18)14(16)20/h1-4H,5-10H2. The molecule has 1 spiro atoms. The summed E-state index contributed by atoms with van der Waals surface area (Å²) < 4.78 is 2.04. The lowest BCUT2D eigenvalue weighted by Crippen LogP contribution is -2.41. The number of rotatable bonds is 0. The monoisotopic (exact) mass is 268 g/mol. The van der Waals surface area contributed by atoms with Crippen molar-refractivity contribution in [2.75, 3.05) is 0 Å². The minimum Gasteiger partial charge on any atom is -0.321 e. The number of Topliss-reactive ketones (excluding diaryl/α,β-unsaturated/α-hetero) is 2. The molecule has 1 aromatic carbocycles. The van der Waals surface area contributed by atoms with Crippen LogP contribution in [0.5, 0.6) is 0 Å². The summed E-state index contributed by atoms with van der Waals surface area (Å²) in [5, 5.41) is 0. The van der Waals surface area contributed by atoms with Crippen molar-refractivity contribution in [2.24, 2.45) is 5.41 Å². The molecule has 1 aromatic heterocycles. The fraction of sp³-hybridized carbons (Fsp3) is 0.438. The van der Waals surface area contributed by atoms with Crippen molar-refractivity contribution in [3.63, 3.8) is 0 Å².